The number of carbonyl (C=O) groups is 1. The van der Waals surface area contributed by atoms with Crippen molar-refractivity contribution < 1.29 is 14.3 Å². The second-order valence-corrected chi connectivity index (χ2v) is 5.78. The van der Waals surface area contributed by atoms with Crippen LogP contribution in [0.5, 0.6) is 11.5 Å². The molecule has 0 bridgehead atoms. The number of hydrogen-bond acceptors (Lipinski definition) is 6. The van der Waals surface area contributed by atoms with Crippen LogP contribution in [0, 0.1) is 0 Å². The van der Waals surface area contributed by atoms with Crippen LogP contribution in [0.4, 0.5) is 11.6 Å². The Morgan fingerprint density at radius 2 is 1.73 bits per heavy atom. The van der Waals surface area contributed by atoms with Gasteiger partial charge in [0, 0.05) is 31.5 Å². The van der Waals surface area contributed by atoms with Crippen molar-refractivity contribution in [3.8, 4) is 11.5 Å². The summed E-state index contributed by atoms with van der Waals surface area (Å²) in [6.07, 6.45) is 4.94. The average Bonchev–Trinajstić information content (AvgIpc) is 2.68. The molecule has 0 unspecified atom stereocenters. The number of hydrogen-bond donors (Lipinski definition) is 1. The standard InChI is InChI=1S/C19H26N4O3/c1-5-9-23(10-6-2)18(24)14-12-20-19(21-13-14)22-16-8-7-15(25-3)11-17(16)26-4/h7-8,11-13H,5-6,9-10H2,1-4H3,(H,20,21,22). The van der Waals surface area contributed by atoms with Crippen LogP contribution in [0.15, 0.2) is 30.6 Å². The first-order chi connectivity index (χ1) is 12.6. The van der Waals surface area contributed by atoms with E-state index >= 15 is 0 Å². The molecule has 1 amide bonds. The molecule has 1 N–H and O–H groups in total. The summed E-state index contributed by atoms with van der Waals surface area (Å²) in [5, 5.41) is 3.09. The molecule has 1 heterocycles. The van der Waals surface area contributed by atoms with E-state index in [-0.39, 0.29) is 5.91 Å². The number of amides is 1. The molecular weight excluding hydrogens is 332 g/mol. The highest BCUT2D eigenvalue weighted by atomic mass is 16.5. The number of ether oxygens (including phenoxy) is 2. The van der Waals surface area contributed by atoms with Crippen molar-refractivity contribution >= 4 is 17.5 Å². The average molecular weight is 358 g/mol. The first-order valence-electron chi connectivity index (χ1n) is 8.73. The highest BCUT2D eigenvalue weighted by Gasteiger charge is 2.15. The van der Waals surface area contributed by atoms with Gasteiger partial charge in [0.05, 0.1) is 25.5 Å². The Morgan fingerprint density at radius 1 is 1.08 bits per heavy atom. The highest BCUT2D eigenvalue weighted by Crippen LogP contribution is 2.30. The molecule has 1 aromatic carbocycles. The minimum absolute atomic E-state index is 0.0396. The molecule has 26 heavy (non-hydrogen) atoms. The monoisotopic (exact) mass is 358 g/mol. The van der Waals surface area contributed by atoms with Gasteiger partial charge in [0.25, 0.3) is 5.91 Å². The van der Waals surface area contributed by atoms with Crippen LogP contribution in [0.3, 0.4) is 0 Å². The molecule has 2 rings (SSSR count). The summed E-state index contributed by atoms with van der Waals surface area (Å²) in [6, 6.07) is 5.41. The molecule has 0 spiro atoms. The SMILES string of the molecule is CCCN(CCC)C(=O)c1cnc(Nc2ccc(OC)cc2OC)nc1. The Labute approximate surface area is 154 Å². The molecule has 0 radical (unpaired) electrons. The lowest BCUT2D eigenvalue weighted by Crippen LogP contribution is -2.32. The third kappa shape index (κ3) is 4.84. The smallest absolute Gasteiger partial charge is 0.256 e. The van der Waals surface area contributed by atoms with Crippen molar-refractivity contribution in [2.24, 2.45) is 0 Å². The van der Waals surface area contributed by atoms with E-state index in [1.807, 2.05) is 17.0 Å². The van der Waals surface area contributed by atoms with Gasteiger partial charge in [0.2, 0.25) is 5.95 Å². The lowest BCUT2D eigenvalue weighted by Gasteiger charge is -2.21. The number of nitrogens with zero attached hydrogens (tertiary/aromatic N) is 3. The fourth-order valence-electron chi connectivity index (χ4n) is 2.56. The Kier molecular flexibility index (Phi) is 7.20. The number of benzene rings is 1. The van der Waals surface area contributed by atoms with Crippen molar-refractivity contribution in [2.75, 3.05) is 32.6 Å². The fourth-order valence-corrected chi connectivity index (χ4v) is 2.56. The first kappa shape index (κ1) is 19.5. The second kappa shape index (κ2) is 9.60. The van der Waals surface area contributed by atoms with Crippen molar-refractivity contribution in [1.82, 2.24) is 14.9 Å². The molecule has 0 fully saturated rings. The van der Waals surface area contributed by atoms with E-state index in [0.717, 1.165) is 25.9 Å². The normalized spacial score (nSPS) is 10.3. The van der Waals surface area contributed by atoms with E-state index in [2.05, 4.69) is 29.1 Å². The molecule has 1 aromatic heterocycles. The van der Waals surface area contributed by atoms with Gasteiger partial charge in [-0.1, -0.05) is 13.8 Å². The molecule has 140 valence electrons. The Bertz CT molecular complexity index is 713. The van der Waals surface area contributed by atoms with E-state index in [1.54, 1.807) is 32.7 Å². The summed E-state index contributed by atoms with van der Waals surface area (Å²) in [5.74, 6) is 1.66. The van der Waals surface area contributed by atoms with Gasteiger partial charge < -0.3 is 19.7 Å². The maximum Gasteiger partial charge on any atom is 0.256 e. The number of rotatable bonds is 9. The molecule has 0 aliphatic carbocycles. The van der Waals surface area contributed by atoms with Crippen LogP contribution >= 0.6 is 0 Å². The summed E-state index contributed by atoms with van der Waals surface area (Å²) < 4.78 is 10.5. The Morgan fingerprint density at radius 3 is 2.27 bits per heavy atom. The summed E-state index contributed by atoms with van der Waals surface area (Å²) in [6.45, 7) is 5.58. The molecule has 0 aliphatic rings. The number of nitrogens with one attached hydrogen (secondary N) is 1. The lowest BCUT2D eigenvalue weighted by molar-refractivity contribution is 0.0754. The largest absolute Gasteiger partial charge is 0.497 e. The van der Waals surface area contributed by atoms with Crippen LogP contribution < -0.4 is 14.8 Å². The van der Waals surface area contributed by atoms with Crippen LogP contribution in [0.1, 0.15) is 37.0 Å². The quantitative estimate of drug-likeness (QED) is 0.739. The van der Waals surface area contributed by atoms with E-state index in [4.69, 9.17) is 9.47 Å². The van der Waals surface area contributed by atoms with E-state index < -0.39 is 0 Å². The topological polar surface area (TPSA) is 76.6 Å². The van der Waals surface area contributed by atoms with Gasteiger partial charge in [-0.25, -0.2) is 9.97 Å². The fraction of sp³-hybridized carbons (Fsp3) is 0.421. The summed E-state index contributed by atoms with van der Waals surface area (Å²) in [5.41, 5.74) is 1.20. The van der Waals surface area contributed by atoms with Crippen molar-refractivity contribution in [3.63, 3.8) is 0 Å². The Hall–Kier alpha value is -2.83. The molecular formula is C19H26N4O3. The summed E-state index contributed by atoms with van der Waals surface area (Å²) in [4.78, 5) is 22.9. The van der Waals surface area contributed by atoms with Gasteiger partial charge in [-0.05, 0) is 25.0 Å². The third-order valence-electron chi connectivity index (χ3n) is 3.83. The number of aromatic nitrogens is 2. The van der Waals surface area contributed by atoms with Crippen LogP contribution in [-0.4, -0.2) is 48.1 Å². The predicted molar refractivity (Wildman–Crippen MR) is 101 cm³/mol. The van der Waals surface area contributed by atoms with Crippen LogP contribution in [-0.2, 0) is 0 Å². The third-order valence-corrected chi connectivity index (χ3v) is 3.83. The van der Waals surface area contributed by atoms with E-state index in [9.17, 15) is 4.79 Å². The molecule has 0 saturated heterocycles. The molecule has 7 nitrogen and oxygen atoms in total. The maximum absolute atomic E-state index is 12.6. The van der Waals surface area contributed by atoms with Crippen molar-refractivity contribution in [1.29, 1.82) is 0 Å². The Balaban J connectivity index is 2.13. The number of carbonyl (C=O) groups excluding carboxylic acids is 1. The zero-order chi connectivity index (χ0) is 18.9. The highest BCUT2D eigenvalue weighted by molar-refractivity contribution is 5.93. The number of anilines is 2. The van der Waals surface area contributed by atoms with Gasteiger partial charge in [-0.3, -0.25) is 4.79 Å². The zero-order valence-corrected chi connectivity index (χ0v) is 15.8. The molecule has 2 aromatic rings. The summed E-state index contributed by atoms with van der Waals surface area (Å²) in [7, 11) is 3.18. The van der Waals surface area contributed by atoms with E-state index in [0.29, 0.717) is 28.7 Å². The van der Waals surface area contributed by atoms with Gasteiger partial charge >= 0.3 is 0 Å². The van der Waals surface area contributed by atoms with Crippen LogP contribution in [0.25, 0.3) is 0 Å². The molecule has 0 aliphatic heterocycles. The van der Waals surface area contributed by atoms with Gasteiger partial charge in [0.15, 0.2) is 0 Å². The lowest BCUT2D eigenvalue weighted by atomic mass is 10.2. The minimum Gasteiger partial charge on any atom is -0.497 e. The minimum atomic E-state index is -0.0396. The van der Waals surface area contributed by atoms with Crippen LogP contribution in [0.2, 0.25) is 0 Å². The second-order valence-electron chi connectivity index (χ2n) is 5.78. The van der Waals surface area contributed by atoms with E-state index in [1.165, 1.54) is 0 Å². The maximum atomic E-state index is 12.6. The molecule has 7 heteroatoms. The molecule has 0 atom stereocenters. The van der Waals surface area contributed by atoms with Crippen molar-refractivity contribution in [3.05, 3.63) is 36.2 Å². The first-order valence-corrected chi connectivity index (χ1v) is 8.73. The predicted octanol–water partition coefficient (Wildman–Crippen LogP) is 3.50. The van der Waals surface area contributed by atoms with Gasteiger partial charge in [0.1, 0.15) is 11.5 Å². The summed E-state index contributed by atoms with van der Waals surface area (Å²) >= 11 is 0. The zero-order valence-electron chi connectivity index (χ0n) is 15.8. The number of methoxy groups -OCH3 is 2. The van der Waals surface area contributed by atoms with Crippen molar-refractivity contribution in [2.45, 2.75) is 26.7 Å². The van der Waals surface area contributed by atoms with Gasteiger partial charge in [-0.15, -0.1) is 0 Å². The molecule has 0 saturated carbocycles. The van der Waals surface area contributed by atoms with Gasteiger partial charge in [-0.2, -0.15) is 0 Å².